The van der Waals surface area contributed by atoms with Crippen LogP contribution in [0.25, 0.3) is 0 Å². The zero-order valence-electron chi connectivity index (χ0n) is 15.5. The van der Waals surface area contributed by atoms with Crippen LogP contribution in [0.1, 0.15) is 31.2 Å². The monoisotopic (exact) mass is 341 g/mol. The summed E-state index contributed by atoms with van der Waals surface area (Å²) in [4.78, 5) is 20.0. The fourth-order valence-electron chi connectivity index (χ4n) is 4.73. The van der Waals surface area contributed by atoms with Gasteiger partial charge in [0.1, 0.15) is 0 Å². The molecular formula is C21H31N3O. The lowest BCUT2D eigenvalue weighted by Gasteiger charge is -2.33. The fourth-order valence-corrected chi connectivity index (χ4v) is 4.73. The molecule has 1 amide bonds. The number of likely N-dealkylation sites (tertiary alicyclic amines) is 1. The number of likely N-dealkylation sites (N-methyl/N-ethyl adjacent to an activating group) is 1. The highest BCUT2D eigenvalue weighted by atomic mass is 16.2. The SMILES string of the molecule is CN1CCCN(C(=O)[C@H]2CC23CCN(Cc2ccccc2)CC3)CC1. The van der Waals surface area contributed by atoms with Crippen molar-refractivity contribution in [2.24, 2.45) is 11.3 Å². The van der Waals surface area contributed by atoms with Crippen LogP contribution in [0.2, 0.25) is 0 Å². The van der Waals surface area contributed by atoms with E-state index in [1.165, 1.54) is 18.4 Å². The summed E-state index contributed by atoms with van der Waals surface area (Å²) in [5.74, 6) is 0.765. The second-order valence-electron chi connectivity index (χ2n) is 8.36. The van der Waals surface area contributed by atoms with Crippen LogP contribution in [0.5, 0.6) is 0 Å². The van der Waals surface area contributed by atoms with Crippen molar-refractivity contribution < 1.29 is 4.79 Å². The maximum absolute atomic E-state index is 13.0. The molecule has 2 aliphatic heterocycles. The number of benzene rings is 1. The molecule has 3 fully saturated rings. The predicted octanol–water partition coefficient (Wildman–Crippen LogP) is 2.45. The second-order valence-corrected chi connectivity index (χ2v) is 8.36. The number of hydrogen-bond acceptors (Lipinski definition) is 3. The number of nitrogens with zero attached hydrogens (tertiary/aromatic N) is 3. The Kier molecular flexibility index (Phi) is 4.83. The Morgan fingerprint density at radius 3 is 2.56 bits per heavy atom. The van der Waals surface area contributed by atoms with E-state index in [0.717, 1.165) is 58.7 Å². The van der Waals surface area contributed by atoms with Crippen LogP contribution in [0.15, 0.2) is 30.3 Å². The van der Waals surface area contributed by atoms with Gasteiger partial charge in [0.05, 0.1) is 0 Å². The molecule has 4 rings (SSSR count). The van der Waals surface area contributed by atoms with Crippen LogP contribution >= 0.6 is 0 Å². The number of carbonyl (C=O) groups is 1. The van der Waals surface area contributed by atoms with Crippen molar-refractivity contribution in [2.45, 2.75) is 32.2 Å². The van der Waals surface area contributed by atoms with Crippen molar-refractivity contribution in [3.8, 4) is 0 Å². The molecule has 2 saturated heterocycles. The standard InChI is InChI=1S/C21H31N3O/c1-22-10-5-11-24(15-14-22)20(25)19-16-21(19)8-12-23(13-9-21)17-18-6-3-2-4-7-18/h2-4,6-7,19H,5,8-17H2,1H3/t19-/m1/s1. The van der Waals surface area contributed by atoms with Gasteiger partial charge in [0.25, 0.3) is 0 Å². The molecule has 0 radical (unpaired) electrons. The third-order valence-corrected chi connectivity index (χ3v) is 6.62. The third-order valence-electron chi connectivity index (χ3n) is 6.62. The summed E-state index contributed by atoms with van der Waals surface area (Å²) in [6.45, 7) is 7.35. The maximum Gasteiger partial charge on any atom is 0.226 e. The first-order valence-corrected chi connectivity index (χ1v) is 9.90. The van der Waals surface area contributed by atoms with E-state index in [1.54, 1.807) is 0 Å². The van der Waals surface area contributed by atoms with Gasteiger partial charge in [-0.2, -0.15) is 0 Å². The quantitative estimate of drug-likeness (QED) is 0.845. The van der Waals surface area contributed by atoms with Gasteiger partial charge in [-0.25, -0.2) is 0 Å². The van der Waals surface area contributed by atoms with Crippen molar-refractivity contribution in [3.05, 3.63) is 35.9 Å². The highest BCUT2D eigenvalue weighted by Gasteiger charge is 2.59. The van der Waals surface area contributed by atoms with Crippen molar-refractivity contribution in [3.63, 3.8) is 0 Å². The van der Waals surface area contributed by atoms with E-state index in [2.05, 4.69) is 52.1 Å². The van der Waals surface area contributed by atoms with Gasteiger partial charge in [-0.3, -0.25) is 9.69 Å². The number of amides is 1. The first-order chi connectivity index (χ1) is 12.2. The topological polar surface area (TPSA) is 26.8 Å². The van der Waals surface area contributed by atoms with Crippen LogP contribution in [-0.4, -0.2) is 66.9 Å². The molecule has 0 bridgehead atoms. The normalized spacial score (nSPS) is 27.2. The van der Waals surface area contributed by atoms with Gasteiger partial charge in [-0.05, 0) is 63.3 Å². The van der Waals surface area contributed by atoms with Crippen molar-refractivity contribution in [1.29, 1.82) is 0 Å². The Labute approximate surface area is 151 Å². The van der Waals surface area contributed by atoms with Crippen molar-refractivity contribution >= 4 is 5.91 Å². The number of piperidine rings is 1. The summed E-state index contributed by atoms with van der Waals surface area (Å²) < 4.78 is 0. The molecule has 0 unspecified atom stereocenters. The van der Waals surface area contributed by atoms with Crippen LogP contribution in [-0.2, 0) is 11.3 Å². The molecule has 1 atom stereocenters. The lowest BCUT2D eigenvalue weighted by atomic mass is 9.90. The van der Waals surface area contributed by atoms with Crippen LogP contribution in [0.4, 0.5) is 0 Å². The Morgan fingerprint density at radius 1 is 1.04 bits per heavy atom. The number of hydrogen-bond donors (Lipinski definition) is 0. The first kappa shape index (κ1) is 17.0. The Morgan fingerprint density at radius 2 is 1.80 bits per heavy atom. The van der Waals surface area contributed by atoms with E-state index in [-0.39, 0.29) is 0 Å². The fraction of sp³-hybridized carbons (Fsp3) is 0.667. The van der Waals surface area contributed by atoms with E-state index in [1.807, 2.05) is 0 Å². The van der Waals surface area contributed by atoms with E-state index < -0.39 is 0 Å². The molecule has 4 nitrogen and oxygen atoms in total. The summed E-state index contributed by atoms with van der Waals surface area (Å²) in [5, 5.41) is 0. The summed E-state index contributed by atoms with van der Waals surface area (Å²) in [6.07, 6.45) is 4.65. The molecule has 3 aliphatic rings. The minimum Gasteiger partial charge on any atom is -0.341 e. The van der Waals surface area contributed by atoms with Gasteiger partial charge < -0.3 is 9.80 Å². The molecule has 1 aromatic carbocycles. The maximum atomic E-state index is 13.0. The molecular weight excluding hydrogens is 310 g/mol. The summed E-state index contributed by atoms with van der Waals surface area (Å²) in [5.41, 5.74) is 1.73. The predicted molar refractivity (Wildman–Crippen MR) is 100 cm³/mol. The minimum absolute atomic E-state index is 0.315. The average Bonchev–Trinajstić information content (AvgIpc) is 3.38. The molecule has 2 heterocycles. The van der Waals surface area contributed by atoms with Crippen LogP contribution in [0.3, 0.4) is 0 Å². The van der Waals surface area contributed by atoms with E-state index >= 15 is 0 Å². The summed E-state index contributed by atoms with van der Waals surface area (Å²) >= 11 is 0. The lowest BCUT2D eigenvalue weighted by molar-refractivity contribution is -0.133. The third kappa shape index (κ3) is 3.75. The first-order valence-electron chi connectivity index (χ1n) is 9.90. The molecule has 25 heavy (non-hydrogen) atoms. The molecule has 136 valence electrons. The van der Waals surface area contributed by atoms with Gasteiger partial charge in [-0.15, -0.1) is 0 Å². The largest absolute Gasteiger partial charge is 0.341 e. The highest BCUT2D eigenvalue weighted by Crippen LogP contribution is 2.60. The zero-order valence-corrected chi connectivity index (χ0v) is 15.5. The highest BCUT2D eigenvalue weighted by molar-refractivity contribution is 5.82. The van der Waals surface area contributed by atoms with Crippen LogP contribution in [0, 0.1) is 11.3 Å². The summed E-state index contributed by atoms with van der Waals surface area (Å²) in [7, 11) is 2.16. The van der Waals surface area contributed by atoms with Crippen LogP contribution < -0.4 is 0 Å². The smallest absolute Gasteiger partial charge is 0.226 e. The molecule has 1 saturated carbocycles. The second kappa shape index (κ2) is 7.08. The van der Waals surface area contributed by atoms with E-state index in [4.69, 9.17) is 0 Å². The molecule has 0 aromatic heterocycles. The minimum atomic E-state index is 0.315. The van der Waals surface area contributed by atoms with Gasteiger partial charge >= 0.3 is 0 Å². The number of rotatable bonds is 3. The Hall–Kier alpha value is -1.39. The molecule has 0 N–H and O–H groups in total. The van der Waals surface area contributed by atoms with Crippen molar-refractivity contribution in [1.82, 2.24) is 14.7 Å². The molecule has 1 spiro atoms. The Bertz CT molecular complexity index is 594. The average molecular weight is 341 g/mol. The van der Waals surface area contributed by atoms with Gasteiger partial charge in [-0.1, -0.05) is 30.3 Å². The molecule has 1 aliphatic carbocycles. The lowest BCUT2D eigenvalue weighted by Crippen LogP contribution is -2.39. The van der Waals surface area contributed by atoms with Crippen molar-refractivity contribution in [2.75, 3.05) is 46.3 Å². The summed E-state index contributed by atoms with van der Waals surface area (Å²) in [6, 6.07) is 10.7. The van der Waals surface area contributed by atoms with E-state index in [9.17, 15) is 4.79 Å². The Balaban J connectivity index is 1.29. The van der Waals surface area contributed by atoms with Gasteiger partial charge in [0, 0.05) is 32.1 Å². The molecule has 1 aromatic rings. The zero-order chi connectivity index (χ0) is 17.3. The van der Waals surface area contributed by atoms with Gasteiger partial charge in [0.15, 0.2) is 0 Å². The van der Waals surface area contributed by atoms with E-state index in [0.29, 0.717) is 17.2 Å². The van der Waals surface area contributed by atoms with Gasteiger partial charge in [0.2, 0.25) is 5.91 Å². The number of carbonyl (C=O) groups excluding carboxylic acids is 1. The molecule has 4 heteroatoms.